The molecule has 2 unspecified atom stereocenters. The summed E-state index contributed by atoms with van der Waals surface area (Å²) >= 11 is 0. The molecule has 3 aromatic rings. The Labute approximate surface area is 165 Å². The second kappa shape index (κ2) is 8.76. The highest BCUT2D eigenvalue weighted by molar-refractivity contribution is 5.95. The van der Waals surface area contributed by atoms with E-state index in [1.807, 2.05) is 25.1 Å². The van der Waals surface area contributed by atoms with Crippen molar-refractivity contribution < 1.29 is 14.3 Å². The fourth-order valence-corrected chi connectivity index (χ4v) is 3.30. The Balaban J connectivity index is 1.72. The third-order valence-corrected chi connectivity index (χ3v) is 4.80. The van der Waals surface area contributed by atoms with Gasteiger partial charge >= 0.3 is 0 Å². The Bertz CT molecular complexity index is 943. The number of methoxy groups -OCH3 is 2. The SMILES string of the molecule is COc1cc(NC(=O)C(C)NC(C)c2cccc3ccccc23)cc(OC)c1. The highest BCUT2D eigenvalue weighted by Crippen LogP contribution is 2.27. The van der Waals surface area contributed by atoms with E-state index >= 15 is 0 Å². The monoisotopic (exact) mass is 378 g/mol. The molecule has 28 heavy (non-hydrogen) atoms. The minimum atomic E-state index is -0.383. The number of rotatable bonds is 7. The van der Waals surface area contributed by atoms with Gasteiger partial charge in [-0.2, -0.15) is 0 Å². The van der Waals surface area contributed by atoms with Crippen molar-refractivity contribution in [2.24, 2.45) is 0 Å². The van der Waals surface area contributed by atoms with Crippen LogP contribution in [-0.2, 0) is 4.79 Å². The van der Waals surface area contributed by atoms with Gasteiger partial charge in [0.2, 0.25) is 5.91 Å². The average molecular weight is 378 g/mol. The summed E-state index contributed by atoms with van der Waals surface area (Å²) in [6.45, 7) is 3.93. The van der Waals surface area contributed by atoms with E-state index < -0.39 is 0 Å². The van der Waals surface area contributed by atoms with Crippen LogP contribution >= 0.6 is 0 Å². The fourth-order valence-electron chi connectivity index (χ4n) is 3.30. The Morgan fingerprint density at radius 3 is 2.21 bits per heavy atom. The van der Waals surface area contributed by atoms with Gasteiger partial charge in [-0.1, -0.05) is 42.5 Å². The highest BCUT2D eigenvalue weighted by Gasteiger charge is 2.18. The summed E-state index contributed by atoms with van der Waals surface area (Å²) < 4.78 is 10.5. The van der Waals surface area contributed by atoms with Crippen LogP contribution in [0.15, 0.2) is 60.7 Å². The van der Waals surface area contributed by atoms with E-state index in [1.165, 1.54) is 16.3 Å². The van der Waals surface area contributed by atoms with Gasteiger partial charge in [0.25, 0.3) is 0 Å². The van der Waals surface area contributed by atoms with E-state index in [2.05, 4.69) is 41.8 Å². The van der Waals surface area contributed by atoms with Crippen molar-refractivity contribution in [3.8, 4) is 11.5 Å². The van der Waals surface area contributed by atoms with Crippen molar-refractivity contribution in [2.45, 2.75) is 25.9 Å². The number of ether oxygens (including phenoxy) is 2. The molecule has 0 aliphatic carbocycles. The molecule has 0 aliphatic rings. The normalized spacial score (nSPS) is 13.0. The zero-order chi connectivity index (χ0) is 20.1. The molecule has 5 heteroatoms. The molecule has 0 aliphatic heterocycles. The lowest BCUT2D eigenvalue weighted by molar-refractivity contribution is -0.117. The summed E-state index contributed by atoms with van der Waals surface area (Å²) in [6, 6.07) is 19.4. The first-order valence-corrected chi connectivity index (χ1v) is 9.29. The Morgan fingerprint density at radius 2 is 1.54 bits per heavy atom. The summed E-state index contributed by atoms with van der Waals surface area (Å²) in [5.41, 5.74) is 1.80. The molecular formula is C23H26N2O3. The maximum absolute atomic E-state index is 12.7. The molecule has 1 amide bonds. The number of hydrogen-bond donors (Lipinski definition) is 2. The van der Waals surface area contributed by atoms with E-state index in [9.17, 15) is 4.79 Å². The lowest BCUT2D eigenvalue weighted by Gasteiger charge is -2.21. The van der Waals surface area contributed by atoms with Crippen molar-refractivity contribution in [3.63, 3.8) is 0 Å². The van der Waals surface area contributed by atoms with E-state index in [-0.39, 0.29) is 18.0 Å². The number of hydrogen-bond acceptors (Lipinski definition) is 4. The molecule has 0 saturated carbocycles. The number of carbonyl (C=O) groups is 1. The first-order valence-electron chi connectivity index (χ1n) is 9.29. The van der Waals surface area contributed by atoms with E-state index in [0.717, 1.165) is 0 Å². The van der Waals surface area contributed by atoms with Crippen molar-refractivity contribution in [3.05, 3.63) is 66.2 Å². The predicted octanol–water partition coefficient (Wildman–Crippen LogP) is 4.53. The van der Waals surface area contributed by atoms with Crippen LogP contribution in [0.4, 0.5) is 5.69 Å². The van der Waals surface area contributed by atoms with E-state index in [1.54, 1.807) is 32.4 Å². The minimum Gasteiger partial charge on any atom is -0.497 e. The molecule has 146 valence electrons. The van der Waals surface area contributed by atoms with Crippen LogP contribution in [0.2, 0.25) is 0 Å². The maximum Gasteiger partial charge on any atom is 0.241 e. The van der Waals surface area contributed by atoms with Crippen LogP contribution in [0.3, 0.4) is 0 Å². The Kier molecular flexibility index (Phi) is 6.16. The third-order valence-electron chi connectivity index (χ3n) is 4.80. The van der Waals surface area contributed by atoms with E-state index in [0.29, 0.717) is 17.2 Å². The molecule has 0 radical (unpaired) electrons. The molecule has 5 nitrogen and oxygen atoms in total. The molecule has 2 N–H and O–H groups in total. The van der Waals surface area contributed by atoms with Gasteiger partial charge in [-0.05, 0) is 30.2 Å². The van der Waals surface area contributed by atoms with Crippen molar-refractivity contribution in [1.82, 2.24) is 5.32 Å². The summed E-state index contributed by atoms with van der Waals surface area (Å²) in [5.74, 6) is 1.13. The van der Waals surface area contributed by atoms with Gasteiger partial charge < -0.3 is 14.8 Å². The summed E-state index contributed by atoms with van der Waals surface area (Å²) in [7, 11) is 3.16. The van der Waals surface area contributed by atoms with Crippen LogP contribution < -0.4 is 20.1 Å². The highest BCUT2D eigenvalue weighted by atomic mass is 16.5. The second-order valence-electron chi connectivity index (χ2n) is 6.77. The molecule has 2 atom stereocenters. The van der Waals surface area contributed by atoms with Crippen LogP contribution in [0, 0.1) is 0 Å². The van der Waals surface area contributed by atoms with Crippen LogP contribution in [0.1, 0.15) is 25.5 Å². The number of anilines is 1. The Morgan fingerprint density at radius 1 is 0.893 bits per heavy atom. The third kappa shape index (κ3) is 4.43. The van der Waals surface area contributed by atoms with Crippen LogP contribution in [-0.4, -0.2) is 26.2 Å². The summed E-state index contributed by atoms with van der Waals surface area (Å²) in [5, 5.41) is 8.69. The lowest BCUT2D eigenvalue weighted by atomic mass is 9.99. The number of carbonyl (C=O) groups excluding carboxylic acids is 1. The van der Waals surface area contributed by atoms with Crippen molar-refractivity contribution in [1.29, 1.82) is 0 Å². The van der Waals surface area contributed by atoms with Gasteiger partial charge in [0.1, 0.15) is 11.5 Å². The molecule has 0 spiro atoms. The number of nitrogens with one attached hydrogen (secondary N) is 2. The fraction of sp³-hybridized carbons (Fsp3) is 0.261. The quantitative estimate of drug-likeness (QED) is 0.634. The van der Waals surface area contributed by atoms with Crippen LogP contribution in [0.5, 0.6) is 11.5 Å². The Hall–Kier alpha value is -3.05. The molecule has 0 saturated heterocycles. The smallest absolute Gasteiger partial charge is 0.241 e. The minimum absolute atomic E-state index is 0.0201. The summed E-state index contributed by atoms with van der Waals surface area (Å²) in [6.07, 6.45) is 0. The standard InChI is InChI=1S/C23H26N2O3/c1-15(21-11-7-9-17-8-5-6-10-22(17)21)24-16(2)23(26)25-18-12-19(27-3)14-20(13-18)28-4/h5-16,24H,1-4H3,(H,25,26). The van der Waals surface area contributed by atoms with Gasteiger partial charge in [-0.15, -0.1) is 0 Å². The van der Waals surface area contributed by atoms with Crippen molar-refractivity contribution >= 4 is 22.4 Å². The molecule has 0 heterocycles. The van der Waals surface area contributed by atoms with Crippen molar-refractivity contribution in [2.75, 3.05) is 19.5 Å². The van der Waals surface area contributed by atoms with E-state index in [4.69, 9.17) is 9.47 Å². The van der Waals surface area contributed by atoms with Crippen LogP contribution in [0.25, 0.3) is 10.8 Å². The first-order chi connectivity index (χ1) is 13.5. The molecule has 0 bridgehead atoms. The maximum atomic E-state index is 12.7. The predicted molar refractivity (Wildman–Crippen MR) is 113 cm³/mol. The zero-order valence-corrected chi connectivity index (χ0v) is 16.7. The molecule has 0 fully saturated rings. The molecule has 0 aromatic heterocycles. The lowest BCUT2D eigenvalue weighted by Crippen LogP contribution is -2.39. The number of fused-ring (bicyclic) bond motifs is 1. The first kappa shape index (κ1) is 19.7. The van der Waals surface area contributed by atoms with Gasteiger partial charge in [0, 0.05) is 29.9 Å². The van der Waals surface area contributed by atoms with Gasteiger partial charge in [0.15, 0.2) is 0 Å². The number of amides is 1. The number of benzene rings is 3. The molecule has 3 rings (SSSR count). The zero-order valence-electron chi connectivity index (χ0n) is 16.7. The second-order valence-corrected chi connectivity index (χ2v) is 6.77. The van der Waals surface area contributed by atoms with Gasteiger partial charge in [-0.25, -0.2) is 0 Å². The van der Waals surface area contributed by atoms with Gasteiger partial charge in [-0.3, -0.25) is 10.1 Å². The molecule has 3 aromatic carbocycles. The summed E-state index contributed by atoms with van der Waals surface area (Å²) in [4.78, 5) is 12.7. The average Bonchev–Trinajstić information content (AvgIpc) is 2.72. The topological polar surface area (TPSA) is 59.6 Å². The van der Waals surface area contributed by atoms with Gasteiger partial charge in [0.05, 0.1) is 20.3 Å². The largest absolute Gasteiger partial charge is 0.497 e. The molecular weight excluding hydrogens is 352 g/mol.